The number of fused-ring (bicyclic) bond motifs is 2. The van der Waals surface area contributed by atoms with Crippen LogP contribution in [0.15, 0.2) is 70.5 Å². The van der Waals surface area contributed by atoms with Crippen molar-refractivity contribution in [1.29, 1.82) is 0 Å². The van der Waals surface area contributed by atoms with Gasteiger partial charge in [0.05, 0.1) is 9.79 Å². The Morgan fingerprint density at radius 2 is 0.585 bits per heavy atom. The van der Waals surface area contributed by atoms with Crippen molar-refractivity contribution in [3.05, 3.63) is 82.9 Å². The summed E-state index contributed by atoms with van der Waals surface area (Å²) < 4.78 is 69.7. The Labute approximate surface area is 410 Å². The van der Waals surface area contributed by atoms with Gasteiger partial charge in [0.15, 0.2) is 0 Å². The molecule has 0 radical (unpaired) electrons. The minimum absolute atomic E-state index is 0. The number of benzene rings is 4. The van der Waals surface area contributed by atoms with Crippen LogP contribution in [0.2, 0.25) is 0 Å². The average Bonchev–Trinajstić information content (AvgIpc) is 3.27. The molecule has 9 heteroatoms. The van der Waals surface area contributed by atoms with E-state index >= 15 is 0 Å². The molecule has 0 spiro atoms. The summed E-state index contributed by atoms with van der Waals surface area (Å²) in [6.45, 7) is 8.97. The van der Waals surface area contributed by atoms with Crippen LogP contribution in [0, 0.1) is 0 Å². The van der Waals surface area contributed by atoms with E-state index in [-0.39, 0.29) is 29.3 Å². The van der Waals surface area contributed by atoms with E-state index in [0.29, 0.717) is 0 Å². The number of aryl methyl sites for hydroxylation is 4. The molecular formula is C56H86O6S2Zn. The molecule has 0 bridgehead atoms. The Bertz CT molecular complexity index is 1960. The molecule has 65 heavy (non-hydrogen) atoms. The molecule has 360 valence electrons. The zero-order chi connectivity index (χ0) is 46.5. The number of hydrogen-bond donors (Lipinski definition) is 0. The predicted molar refractivity (Wildman–Crippen MR) is 271 cm³/mol. The van der Waals surface area contributed by atoms with Gasteiger partial charge in [0.1, 0.15) is 20.2 Å². The van der Waals surface area contributed by atoms with Crippen LogP contribution in [0.1, 0.15) is 230 Å². The second kappa shape index (κ2) is 34.2. The van der Waals surface area contributed by atoms with Crippen molar-refractivity contribution in [2.45, 2.75) is 243 Å². The van der Waals surface area contributed by atoms with Crippen molar-refractivity contribution in [1.82, 2.24) is 0 Å². The molecule has 0 aliphatic heterocycles. The SMILES string of the molecule is CCCCCCCCCc1ccc2ccc(S(=O)(=O)[O-])cc2c1CCCCCCCCC.CCCCCCCCCc1ccc2ccc(S(=O)(=O)[O-])cc2c1CCCCCCCCC.[Zn+2]. The van der Waals surface area contributed by atoms with E-state index in [9.17, 15) is 25.9 Å². The summed E-state index contributed by atoms with van der Waals surface area (Å²) in [7, 11) is -8.89. The van der Waals surface area contributed by atoms with Crippen LogP contribution in [-0.2, 0) is 65.4 Å². The van der Waals surface area contributed by atoms with Gasteiger partial charge in [0, 0.05) is 0 Å². The minimum atomic E-state index is -4.44. The monoisotopic (exact) mass is 983 g/mol. The first-order valence-corrected chi connectivity index (χ1v) is 28.8. The fourth-order valence-corrected chi connectivity index (χ4v) is 10.2. The second-order valence-corrected chi connectivity index (χ2v) is 21.3. The van der Waals surface area contributed by atoms with Crippen molar-refractivity contribution in [3.8, 4) is 0 Å². The van der Waals surface area contributed by atoms with E-state index in [1.165, 1.54) is 201 Å². The summed E-state index contributed by atoms with van der Waals surface area (Å²) >= 11 is 0. The molecule has 0 aliphatic carbocycles. The first-order valence-electron chi connectivity index (χ1n) is 25.9. The predicted octanol–water partition coefficient (Wildman–Crippen LogP) is 16.7. The van der Waals surface area contributed by atoms with Crippen LogP contribution in [0.5, 0.6) is 0 Å². The fourth-order valence-electron chi connectivity index (χ4n) is 9.24. The number of unbranched alkanes of at least 4 members (excludes halogenated alkanes) is 24. The Balaban J connectivity index is 0.000000440. The molecule has 0 amide bonds. The summed E-state index contributed by atoms with van der Waals surface area (Å²) in [4.78, 5) is -0.224. The van der Waals surface area contributed by atoms with Crippen LogP contribution in [0.3, 0.4) is 0 Å². The molecule has 0 N–H and O–H groups in total. The van der Waals surface area contributed by atoms with Gasteiger partial charge >= 0.3 is 19.5 Å². The zero-order valence-corrected chi connectivity index (χ0v) is 46.0. The molecule has 0 aliphatic rings. The quantitative estimate of drug-likeness (QED) is 0.0262. The van der Waals surface area contributed by atoms with Crippen LogP contribution in [-0.4, -0.2) is 25.9 Å². The van der Waals surface area contributed by atoms with Crippen molar-refractivity contribution in [2.24, 2.45) is 0 Å². The van der Waals surface area contributed by atoms with Crippen LogP contribution in [0.4, 0.5) is 0 Å². The smallest absolute Gasteiger partial charge is 0.744 e. The molecule has 0 saturated carbocycles. The maximum atomic E-state index is 11.6. The Hall–Kier alpha value is -2.16. The molecular weight excluding hydrogens is 898 g/mol. The van der Waals surface area contributed by atoms with Gasteiger partial charge in [-0.05, 0) is 119 Å². The molecule has 0 saturated heterocycles. The van der Waals surface area contributed by atoms with Gasteiger partial charge < -0.3 is 9.11 Å². The van der Waals surface area contributed by atoms with Crippen LogP contribution < -0.4 is 0 Å². The molecule has 6 nitrogen and oxygen atoms in total. The Morgan fingerprint density at radius 1 is 0.338 bits per heavy atom. The summed E-state index contributed by atoms with van der Waals surface area (Å²) in [6, 6.07) is 18.3. The van der Waals surface area contributed by atoms with Crippen molar-refractivity contribution in [2.75, 3.05) is 0 Å². The molecule has 0 atom stereocenters. The third kappa shape index (κ3) is 23.1. The zero-order valence-electron chi connectivity index (χ0n) is 41.4. The van der Waals surface area contributed by atoms with Gasteiger partial charge in [-0.3, -0.25) is 0 Å². The minimum Gasteiger partial charge on any atom is -0.744 e. The van der Waals surface area contributed by atoms with Gasteiger partial charge in [-0.25, -0.2) is 16.8 Å². The normalized spacial score (nSPS) is 11.8. The van der Waals surface area contributed by atoms with Gasteiger partial charge in [0.25, 0.3) is 0 Å². The molecule has 0 unspecified atom stereocenters. The Kier molecular flexibility index (Phi) is 31.0. The molecule has 4 rings (SSSR count). The average molecular weight is 985 g/mol. The maximum absolute atomic E-state index is 11.6. The first-order chi connectivity index (χ1) is 30.9. The van der Waals surface area contributed by atoms with E-state index in [4.69, 9.17) is 0 Å². The van der Waals surface area contributed by atoms with Crippen molar-refractivity contribution < 1.29 is 45.4 Å². The molecule has 0 heterocycles. The fraction of sp³-hybridized carbons (Fsp3) is 0.643. The van der Waals surface area contributed by atoms with Crippen molar-refractivity contribution >= 4 is 41.8 Å². The topological polar surface area (TPSA) is 114 Å². The van der Waals surface area contributed by atoms with Gasteiger partial charge in [-0.1, -0.05) is 218 Å². The molecule has 0 aromatic heterocycles. The summed E-state index contributed by atoms with van der Waals surface area (Å²) in [5.41, 5.74) is 5.18. The number of rotatable bonds is 34. The van der Waals surface area contributed by atoms with Gasteiger partial charge in [0.2, 0.25) is 0 Å². The van der Waals surface area contributed by atoms with Crippen LogP contribution >= 0.6 is 0 Å². The van der Waals surface area contributed by atoms with E-state index in [2.05, 4.69) is 52.0 Å². The number of hydrogen-bond acceptors (Lipinski definition) is 6. The molecule has 4 aromatic carbocycles. The molecule has 0 fully saturated rings. The third-order valence-electron chi connectivity index (χ3n) is 13.1. The maximum Gasteiger partial charge on any atom is 2.00 e. The molecule has 4 aromatic rings. The third-order valence-corrected chi connectivity index (χ3v) is 14.8. The second-order valence-electron chi connectivity index (χ2n) is 18.6. The van der Waals surface area contributed by atoms with Gasteiger partial charge in [-0.15, -0.1) is 0 Å². The van der Waals surface area contributed by atoms with E-state index in [1.807, 2.05) is 0 Å². The standard InChI is InChI=1S/2C28H44O3S.Zn/c2*1-3-5-7-9-11-13-15-17-24-19-20-25-21-22-26(32(29,30)31)23-28(25)27(24)18-16-14-12-10-8-6-4-2;/h2*19-23H,3-18H2,1-2H3,(H,29,30,31);/q;;+2/p-2. The van der Waals surface area contributed by atoms with E-state index < -0.39 is 20.2 Å². The van der Waals surface area contributed by atoms with E-state index in [1.54, 1.807) is 24.3 Å². The summed E-state index contributed by atoms with van der Waals surface area (Å²) in [5, 5.41) is 3.96. The van der Waals surface area contributed by atoms with Gasteiger partial charge in [-0.2, -0.15) is 0 Å². The van der Waals surface area contributed by atoms with Crippen LogP contribution in [0.25, 0.3) is 21.5 Å². The summed E-state index contributed by atoms with van der Waals surface area (Å²) in [5.74, 6) is 0. The largest absolute Gasteiger partial charge is 2.00 e. The first kappa shape index (κ1) is 59.0. The van der Waals surface area contributed by atoms with E-state index in [0.717, 1.165) is 60.1 Å². The summed E-state index contributed by atoms with van der Waals surface area (Å²) in [6.07, 6.45) is 39.5. The Morgan fingerprint density at radius 3 is 0.862 bits per heavy atom. The van der Waals surface area contributed by atoms with Crippen molar-refractivity contribution in [3.63, 3.8) is 0 Å².